The predicted molar refractivity (Wildman–Crippen MR) is 71.3 cm³/mol. The standard InChI is InChI=1S/C12H15ClN4O2/c1-12(19)4-2-7(3-5-12)17-9-8(15-11(17)18)6-14-10(13)16-9/h6-7,19H,2-5H2,1H3,(H,15,18)/t7-,12+. The van der Waals surface area contributed by atoms with Gasteiger partial charge >= 0.3 is 5.69 Å². The lowest BCUT2D eigenvalue weighted by Gasteiger charge is -2.33. The fourth-order valence-corrected chi connectivity index (χ4v) is 2.85. The van der Waals surface area contributed by atoms with Gasteiger partial charge in [0.1, 0.15) is 5.52 Å². The van der Waals surface area contributed by atoms with Gasteiger partial charge in [0.25, 0.3) is 0 Å². The number of hydrogen-bond donors (Lipinski definition) is 2. The lowest BCUT2D eigenvalue weighted by Crippen LogP contribution is -2.34. The largest absolute Gasteiger partial charge is 0.390 e. The molecule has 1 aliphatic rings. The van der Waals surface area contributed by atoms with Crippen molar-refractivity contribution in [1.29, 1.82) is 0 Å². The molecule has 3 rings (SSSR count). The highest BCUT2D eigenvalue weighted by Crippen LogP contribution is 2.34. The van der Waals surface area contributed by atoms with Crippen molar-refractivity contribution >= 4 is 22.8 Å². The molecule has 1 aliphatic carbocycles. The van der Waals surface area contributed by atoms with Gasteiger partial charge in [0.05, 0.1) is 11.8 Å². The van der Waals surface area contributed by atoms with E-state index in [-0.39, 0.29) is 17.0 Å². The van der Waals surface area contributed by atoms with Crippen LogP contribution in [0.2, 0.25) is 5.28 Å². The van der Waals surface area contributed by atoms with E-state index in [4.69, 9.17) is 11.6 Å². The van der Waals surface area contributed by atoms with E-state index in [1.807, 2.05) is 6.92 Å². The van der Waals surface area contributed by atoms with Crippen LogP contribution in [-0.4, -0.2) is 30.2 Å². The van der Waals surface area contributed by atoms with Gasteiger partial charge in [-0.3, -0.25) is 4.57 Å². The van der Waals surface area contributed by atoms with Gasteiger partial charge in [0.2, 0.25) is 5.28 Å². The Balaban J connectivity index is 2.03. The van der Waals surface area contributed by atoms with Crippen molar-refractivity contribution < 1.29 is 5.11 Å². The number of halogens is 1. The first-order valence-electron chi connectivity index (χ1n) is 6.31. The van der Waals surface area contributed by atoms with E-state index in [9.17, 15) is 9.90 Å². The van der Waals surface area contributed by atoms with Gasteiger partial charge in [0, 0.05) is 6.04 Å². The quantitative estimate of drug-likeness (QED) is 0.779. The summed E-state index contributed by atoms with van der Waals surface area (Å²) in [7, 11) is 0. The Morgan fingerprint density at radius 3 is 2.89 bits per heavy atom. The van der Waals surface area contributed by atoms with Crippen LogP contribution < -0.4 is 5.69 Å². The number of H-pyrrole nitrogens is 1. The van der Waals surface area contributed by atoms with E-state index >= 15 is 0 Å². The second kappa shape index (κ2) is 4.31. The van der Waals surface area contributed by atoms with Crippen molar-refractivity contribution in [3.63, 3.8) is 0 Å². The van der Waals surface area contributed by atoms with Crippen LogP contribution in [0.1, 0.15) is 38.6 Å². The molecule has 0 spiro atoms. The summed E-state index contributed by atoms with van der Waals surface area (Å²) in [5.41, 5.74) is 0.306. The molecule has 0 amide bonds. The Labute approximate surface area is 114 Å². The second-order valence-electron chi connectivity index (χ2n) is 5.40. The lowest BCUT2D eigenvalue weighted by atomic mass is 9.83. The third-order valence-corrected chi connectivity index (χ3v) is 4.01. The summed E-state index contributed by atoms with van der Waals surface area (Å²) >= 11 is 5.79. The number of aromatic nitrogens is 4. The fourth-order valence-electron chi connectivity index (χ4n) is 2.72. The monoisotopic (exact) mass is 282 g/mol. The predicted octanol–water partition coefficient (Wildman–Crippen LogP) is 1.64. The molecular formula is C12H15ClN4O2. The topological polar surface area (TPSA) is 83.8 Å². The zero-order valence-corrected chi connectivity index (χ0v) is 11.3. The minimum atomic E-state index is -0.626. The first-order valence-corrected chi connectivity index (χ1v) is 6.69. The van der Waals surface area contributed by atoms with E-state index in [2.05, 4.69) is 15.0 Å². The van der Waals surface area contributed by atoms with Gasteiger partial charge in [-0.2, -0.15) is 4.98 Å². The van der Waals surface area contributed by atoms with Crippen LogP contribution in [0, 0.1) is 0 Å². The summed E-state index contributed by atoms with van der Waals surface area (Å²) in [4.78, 5) is 22.8. The highest BCUT2D eigenvalue weighted by atomic mass is 35.5. The average molecular weight is 283 g/mol. The molecule has 0 bridgehead atoms. The van der Waals surface area contributed by atoms with Crippen molar-refractivity contribution in [1.82, 2.24) is 19.5 Å². The molecule has 0 saturated heterocycles. The Kier molecular flexibility index (Phi) is 2.87. The van der Waals surface area contributed by atoms with Gasteiger partial charge in [-0.15, -0.1) is 0 Å². The number of rotatable bonds is 1. The Bertz CT molecular complexity index is 666. The molecule has 0 aliphatic heterocycles. The molecule has 19 heavy (non-hydrogen) atoms. The molecule has 1 fully saturated rings. The van der Waals surface area contributed by atoms with Gasteiger partial charge in [-0.25, -0.2) is 9.78 Å². The van der Waals surface area contributed by atoms with Gasteiger partial charge < -0.3 is 10.1 Å². The molecule has 0 aromatic carbocycles. The number of hydrogen-bond acceptors (Lipinski definition) is 4. The number of aliphatic hydroxyl groups is 1. The maximum Gasteiger partial charge on any atom is 0.327 e. The lowest BCUT2D eigenvalue weighted by molar-refractivity contribution is 0.00997. The van der Waals surface area contributed by atoms with Crippen molar-refractivity contribution in [2.75, 3.05) is 0 Å². The Hall–Kier alpha value is -1.40. The summed E-state index contributed by atoms with van der Waals surface area (Å²) in [6.45, 7) is 1.83. The average Bonchev–Trinajstić information content (AvgIpc) is 2.65. The Morgan fingerprint density at radius 2 is 2.21 bits per heavy atom. The van der Waals surface area contributed by atoms with Crippen LogP contribution in [0.3, 0.4) is 0 Å². The molecule has 6 nitrogen and oxygen atoms in total. The first kappa shape index (κ1) is 12.6. The Morgan fingerprint density at radius 1 is 1.53 bits per heavy atom. The summed E-state index contributed by atoms with van der Waals surface area (Å²) in [6.07, 6.45) is 4.37. The minimum Gasteiger partial charge on any atom is -0.390 e. The second-order valence-corrected chi connectivity index (χ2v) is 5.74. The third kappa shape index (κ3) is 2.26. The fraction of sp³-hybridized carbons (Fsp3) is 0.583. The molecule has 0 unspecified atom stereocenters. The number of nitrogens with zero attached hydrogens (tertiary/aromatic N) is 3. The molecule has 1 saturated carbocycles. The van der Waals surface area contributed by atoms with Crippen LogP contribution in [0.4, 0.5) is 0 Å². The maximum absolute atomic E-state index is 12.0. The molecule has 7 heteroatoms. The van der Waals surface area contributed by atoms with Crippen LogP contribution in [0.25, 0.3) is 11.2 Å². The van der Waals surface area contributed by atoms with Crippen molar-refractivity contribution in [3.05, 3.63) is 22.0 Å². The van der Waals surface area contributed by atoms with E-state index < -0.39 is 5.60 Å². The molecule has 102 valence electrons. The highest BCUT2D eigenvalue weighted by Gasteiger charge is 2.31. The molecular weight excluding hydrogens is 268 g/mol. The SMILES string of the molecule is C[C@]1(O)CC[C@@H](n2c(=O)[nH]c3cnc(Cl)nc32)CC1. The van der Waals surface area contributed by atoms with Gasteiger partial charge in [-0.1, -0.05) is 0 Å². The van der Waals surface area contributed by atoms with Crippen LogP contribution in [0.5, 0.6) is 0 Å². The smallest absolute Gasteiger partial charge is 0.327 e. The maximum atomic E-state index is 12.0. The number of fused-ring (bicyclic) bond motifs is 1. The molecule has 2 heterocycles. The van der Waals surface area contributed by atoms with Gasteiger partial charge in [-0.05, 0) is 44.2 Å². The van der Waals surface area contributed by atoms with E-state index in [0.29, 0.717) is 24.0 Å². The molecule has 2 aromatic heterocycles. The van der Waals surface area contributed by atoms with Crippen molar-refractivity contribution in [2.24, 2.45) is 0 Å². The zero-order chi connectivity index (χ0) is 13.6. The molecule has 2 aromatic rings. The van der Waals surface area contributed by atoms with E-state index in [1.54, 1.807) is 4.57 Å². The first-order chi connectivity index (χ1) is 8.96. The number of aromatic amines is 1. The minimum absolute atomic E-state index is 0.0486. The van der Waals surface area contributed by atoms with Crippen LogP contribution >= 0.6 is 11.6 Å². The summed E-state index contributed by atoms with van der Waals surface area (Å²) < 4.78 is 1.64. The molecule has 0 radical (unpaired) electrons. The number of imidazole rings is 1. The zero-order valence-electron chi connectivity index (χ0n) is 10.6. The summed E-state index contributed by atoms with van der Waals surface area (Å²) in [5, 5.41) is 10.1. The third-order valence-electron chi connectivity index (χ3n) is 3.83. The van der Waals surface area contributed by atoms with Crippen LogP contribution in [-0.2, 0) is 0 Å². The normalized spacial score (nSPS) is 27.8. The highest BCUT2D eigenvalue weighted by molar-refractivity contribution is 6.28. The van der Waals surface area contributed by atoms with Crippen molar-refractivity contribution in [2.45, 2.75) is 44.2 Å². The van der Waals surface area contributed by atoms with Gasteiger partial charge in [0.15, 0.2) is 5.65 Å². The molecule has 0 atom stereocenters. The van der Waals surface area contributed by atoms with Crippen LogP contribution in [0.15, 0.2) is 11.0 Å². The van der Waals surface area contributed by atoms with E-state index in [0.717, 1.165) is 12.8 Å². The molecule has 2 N–H and O–H groups in total. The van der Waals surface area contributed by atoms with E-state index in [1.165, 1.54) is 6.20 Å². The summed E-state index contributed by atoms with van der Waals surface area (Å²) in [6, 6.07) is 0.0486. The number of nitrogens with one attached hydrogen (secondary N) is 1. The summed E-state index contributed by atoms with van der Waals surface area (Å²) in [5.74, 6) is 0. The van der Waals surface area contributed by atoms with Crippen molar-refractivity contribution in [3.8, 4) is 0 Å².